The fourth-order valence-corrected chi connectivity index (χ4v) is 4.75. The van der Waals surface area contributed by atoms with Crippen LogP contribution in [0, 0.1) is 6.92 Å². The van der Waals surface area contributed by atoms with Crippen LogP contribution in [0.15, 0.2) is 18.2 Å². The Morgan fingerprint density at radius 2 is 2.14 bits per heavy atom. The van der Waals surface area contributed by atoms with E-state index in [4.69, 9.17) is 11.6 Å². The number of hydrogen-bond donors (Lipinski definition) is 2. The number of sulfone groups is 1. The largest absolute Gasteiger partial charge is 0.325 e. The van der Waals surface area contributed by atoms with E-state index in [9.17, 15) is 13.2 Å². The second-order valence-corrected chi connectivity index (χ2v) is 8.38. The second-order valence-electron chi connectivity index (χ2n) is 5.76. The van der Waals surface area contributed by atoms with Crippen molar-refractivity contribution in [2.24, 2.45) is 0 Å². The van der Waals surface area contributed by atoms with Crippen molar-refractivity contribution in [1.82, 2.24) is 5.32 Å². The molecule has 1 aliphatic rings. The van der Waals surface area contributed by atoms with Gasteiger partial charge in [-0.15, -0.1) is 0 Å². The van der Waals surface area contributed by atoms with Crippen molar-refractivity contribution < 1.29 is 13.2 Å². The Kier molecular flexibility index (Phi) is 4.60. The first kappa shape index (κ1) is 16.3. The van der Waals surface area contributed by atoms with Crippen molar-refractivity contribution in [3.05, 3.63) is 28.8 Å². The highest BCUT2D eigenvalue weighted by atomic mass is 35.5. The molecule has 5 nitrogen and oxygen atoms in total. The summed E-state index contributed by atoms with van der Waals surface area (Å²) in [4.78, 5) is 12.0. The fourth-order valence-electron chi connectivity index (χ4n) is 2.41. The fraction of sp³-hybridized carbons (Fsp3) is 0.500. The molecule has 0 aliphatic carbocycles. The molecule has 1 atom stereocenters. The van der Waals surface area contributed by atoms with Gasteiger partial charge < -0.3 is 10.6 Å². The second kappa shape index (κ2) is 5.94. The highest BCUT2D eigenvalue weighted by Crippen LogP contribution is 2.23. The number of aryl methyl sites for hydroxylation is 1. The number of hydrogen-bond acceptors (Lipinski definition) is 4. The molecule has 1 fully saturated rings. The number of halogens is 1. The number of anilines is 1. The number of carbonyl (C=O) groups excluding carboxylic acids is 1. The smallest absolute Gasteiger partial charge is 0.238 e. The maximum Gasteiger partial charge on any atom is 0.238 e. The van der Waals surface area contributed by atoms with Gasteiger partial charge in [0.2, 0.25) is 5.91 Å². The summed E-state index contributed by atoms with van der Waals surface area (Å²) >= 11 is 5.86. The summed E-state index contributed by atoms with van der Waals surface area (Å²) in [6.45, 7) is 3.77. The van der Waals surface area contributed by atoms with Gasteiger partial charge in [0, 0.05) is 16.2 Å². The Labute approximate surface area is 130 Å². The van der Waals surface area contributed by atoms with Crippen LogP contribution >= 0.6 is 11.6 Å². The number of benzene rings is 1. The van der Waals surface area contributed by atoms with Gasteiger partial charge in [-0.05, 0) is 44.0 Å². The van der Waals surface area contributed by atoms with Crippen LogP contribution in [0.1, 0.15) is 18.9 Å². The maximum atomic E-state index is 12.0. The normalized spacial score (nSPS) is 24.0. The molecular formula is C14H19ClN2O3S. The summed E-state index contributed by atoms with van der Waals surface area (Å²) in [5, 5.41) is 6.45. The van der Waals surface area contributed by atoms with Crippen molar-refractivity contribution in [3.8, 4) is 0 Å². The van der Waals surface area contributed by atoms with Crippen LogP contribution < -0.4 is 10.6 Å². The summed E-state index contributed by atoms with van der Waals surface area (Å²) in [7, 11) is -2.98. The molecule has 1 aromatic carbocycles. The van der Waals surface area contributed by atoms with Gasteiger partial charge in [-0.25, -0.2) is 8.42 Å². The Bertz CT molecular complexity index is 660. The molecule has 0 radical (unpaired) electrons. The summed E-state index contributed by atoms with van der Waals surface area (Å²) in [5.74, 6) is 0.0488. The summed E-state index contributed by atoms with van der Waals surface area (Å²) in [6, 6.07) is 5.23. The van der Waals surface area contributed by atoms with Gasteiger partial charge in [-0.3, -0.25) is 4.79 Å². The minimum absolute atomic E-state index is 0.0766. The zero-order chi connectivity index (χ0) is 15.7. The van der Waals surface area contributed by atoms with E-state index in [1.807, 2.05) is 13.8 Å². The molecule has 0 spiro atoms. The van der Waals surface area contributed by atoms with Crippen molar-refractivity contribution in [2.75, 3.05) is 23.4 Å². The van der Waals surface area contributed by atoms with Gasteiger partial charge >= 0.3 is 0 Å². The Hall–Kier alpha value is -1.11. The molecular weight excluding hydrogens is 312 g/mol. The maximum absolute atomic E-state index is 12.0. The van der Waals surface area contributed by atoms with Crippen LogP contribution in [0.2, 0.25) is 5.02 Å². The predicted octanol–water partition coefficient (Wildman–Crippen LogP) is 1.75. The monoisotopic (exact) mass is 330 g/mol. The van der Waals surface area contributed by atoms with Gasteiger partial charge in [0.1, 0.15) is 0 Å². The van der Waals surface area contributed by atoms with E-state index < -0.39 is 15.4 Å². The van der Waals surface area contributed by atoms with Crippen LogP contribution in [-0.4, -0.2) is 37.9 Å². The molecule has 1 unspecified atom stereocenters. The molecule has 116 valence electrons. The van der Waals surface area contributed by atoms with E-state index in [1.54, 1.807) is 18.2 Å². The van der Waals surface area contributed by atoms with Gasteiger partial charge in [0.05, 0.1) is 18.1 Å². The highest BCUT2D eigenvalue weighted by molar-refractivity contribution is 7.91. The molecule has 0 saturated carbocycles. The van der Waals surface area contributed by atoms with E-state index in [0.29, 0.717) is 17.1 Å². The van der Waals surface area contributed by atoms with E-state index in [1.165, 1.54) is 0 Å². The predicted molar refractivity (Wildman–Crippen MR) is 84.5 cm³/mol. The van der Waals surface area contributed by atoms with Crippen LogP contribution in [-0.2, 0) is 14.6 Å². The molecule has 1 aromatic rings. The molecule has 21 heavy (non-hydrogen) atoms. The third kappa shape index (κ3) is 4.43. The standard InChI is InChI=1S/C14H19ClN2O3S/c1-10-7-11(15)3-4-12(10)17-13(18)8-16-14(2)5-6-21(19,20)9-14/h3-4,7,16H,5-6,8-9H2,1-2H3,(H,17,18). The lowest BCUT2D eigenvalue weighted by Gasteiger charge is -2.23. The van der Waals surface area contributed by atoms with Crippen molar-refractivity contribution >= 4 is 33.0 Å². The van der Waals surface area contributed by atoms with Gasteiger partial charge in [0.25, 0.3) is 0 Å². The quantitative estimate of drug-likeness (QED) is 0.882. The van der Waals surface area contributed by atoms with E-state index in [0.717, 1.165) is 5.56 Å². The van der Waals surface area contributed by atoms with Crippen LogP contribution in [0.5, 0.6) is 0 Å². The Morgan fingerprint density at radius 3 is 2.71 bits per heavy atom. The molecule has 1 amide bonds. The SMILES string of the molecule is Cc1cc(Cl)ccc1NC(=O)CNC1(C)CCS(=O)(=O)C1. The first-order chi connectivity index (χ1) is 9.69. The Balaban J connectivity index is 1.91. The minimum atomic E-state index is -2.98. The molecule has 1 saturated heterocycles. The minimum Gasteiger partial charge on any atom is -0.325 e. The van der Waals surface area contributed by atoms with Crippen molar-refractivity contribution in [2.45, 2.75) is 25.8 Å². The lowest BCUT2D eigenvalue weighted by molar-refractivity contribution is -0.115. The average Bonchev–Trinajstić information content (AvgIpc) is 2.65. The summed E-state index contributed by atoms with van der Waals surface area (Å²) < 4.78 is 23.0. The molecule has 0 bridgehead atoms. The Morgan fingerprint density at radius 1 is 1.43 bits per heavy atom. The van der Waals surface area contributed by atoms with Crippen molar-refractivity contribution in [3.63, 3.8) is 0 Å². The highest BCUT2D eigenvalue weighted by Gasteiger charge is 2.38. The third-order valence-electron chi connectivity index (χ3n) is 3.64. The van der Waals surface area contributed by atoms with Crippen LogP contribution in [0.4, 0.5) is 5.69 Å². The first-order valence-electron chi connectivity index (χ1n) is 6.71. The third-order valence-corrected chi connectivity index (χ3v) is 5.78. The summed E-state index contributed by atoms with van der Waals surface area (Å²) in [5.41, 5.74) is 1.06. The summed E-state index contributed by atoms with van der Waals surface area (Å²) in [6.07, 6.45) is 0.530. The molecule has 0 aromatic heterocycles. The first-order valence-corrected chi connectivity index (χ1v) is 8.91. The van der Waals surface area contributed by atoms with E-state index >= 15 is 0 Å². The molecule has 1 heterocycles. The molecule has 7 heteroatoms. The van der Waals surface area contributed by atoms with Crippen LogP contribution in [0.25, 0.3) is 0 Å². The van der Waals surface area contributed by atoms with Gasteiger partial charge in [-0.1, -0.05) is 11.6 Å². The van der Waals surface area contributed by atoms with Gasteiger partial charge in [-0.2, -0.15) is 0 Å². The average molecular weight is 331 g/mol. The van der Waals surface area contributed by atoms with Crippen LogP contribution in [0.3, 0.4) is 0 Å². The molecule has 1 aliphatic heterocycles. The molecule has 2 rings (SSSR count). The number of carbonyl (C=O) groups is 1. The lowest BCUT2D eigenvalue weighted by Crippen LogP contribution is -2.46. The lowest BCUT2D eigenvalue weighted by atomic mass is 10.0. The van der Waals surface area contributed by atoms with E-state index in [-0.39, 0.29) is 24.0 Å². The number of nitrogens with one attached hydrogen (secondary N) is 2. The van der Waals surface area contributed by atoms with Gasteiger partial charge in [0.15, 0.2) is 9.84 Å². The van der Waals surface area contributed by atoms with E-state index in [2.05, 4.69) is 10.6 Å². The number of rotatable bonds is 4. The molecule has 2 N–H and O–H groups in total. The zero-order valence-electron chi connectivity index (χ0n) is 12.1. The zero-order valence-corrected chi connectivity index (χ0v) is 13.6. The topological polar surface area (TPSA) is 75.3 Å². The van der Waals surface area contributed by atoms with Crippen molar-refractivity contribution in [1.29, 1.82) is 0 Å². The number of amides is 1.